The molecule has 1 heteroatoms. The first kappa shape index (κ1) is 12.2. The molecule has 0 N–H and O–H groups in total. The van der Waals surface area contributed by atoms with Crippen LogP contribution in [0.15, 0.2) is 60.7 Å². The van der Waals surface area contributed by atoms with Gasteiger partial charge in [0.1, 0.15) is 0 Å². The van der Waals surface area contributed by atoms with Gasteiger partial charge in [-0.05, 0) is 46.4 Å². The number of hydrogen-bond acceptors (Lipinski definition) is 1. The van der Waals surface area contributed by atoms with Gasteiger partial charge in [0.25, 0.3) is 0 Å². The summed E-state index contributed by atoms with van der Waals surface area (Å²) in [7, 11) is 0. The summed E-state index contributed by atoms with van der Waals surface area (Å²) in [6.07, 6.45) is 2.02. The first-order valence-corrected chi connectivity index (χ1v) is 7.97. The second kappa shape index (κ2) is 4.30. The Morgan fingerprint density at radius 1 is 0.818 bits per heavy atom. The Bertz CT molecular complexity index is 922. The Morgan fingerprint density at radius 3 is 2.50 bits per heavy atom. The van der Waals surface area contributed by atoms with Crippen LogP contribution in [0.4, 0.5) is 0 Å². The highest BCUT2D eigenvalue weighted by molar-refractivity contribution is 6.02. The fraction of sp³-hybridized carbons (Fsp3) is 0.190. The number of Topliss-reactive ketones (excluding diaryl/α,β-unsaturated/α-hetero) is 1. The summed E-state index contributed by atoms with van der Waals surface area (Å²) in [6, 6.07) is 21.6. The second-order valence-corrected chi connectivity index (χ2v) is 6.51. The van der Waals surface area contributed by atoms with E-state index in [0.29, 0.717) is 5.78 Å². The van der Waals surface area contributed by atoms with E-state index in [1.165, 1.54) is 27.5 Å². The Labute approximate surface area is 129 Å². The van der Waals surface area contributed by atoms with Crippen molar-refractivity contribution in [3.05, 3.63) is 82.9 Å². The minimum atomic E-state index is 0.130. The monoisotopic (exact) mass is 284 g/mol. The smallest absolute Gasteiger partial charge is 0.167 e. The van der Waals surface area contributed by atoms with Gasteiger partial charge >= 0.3 is 0 Å². The van der Waals surface area contributed by atoms with Crippen molar-refractivity contribution >= 4 is 16.6 Å². The van der Waals surface area contributed by atoms with E-state index in [4.69, 9.17) is 0 Å². The normalized spacial score (nSPS) is 22.3. The molecule has 0 spiro atoms. The lowest BCUT2D eigenvalue weighted by Crippen LogP contribution is -2.32. The molecule has 106 valence electrons. The molecule has 22 heavy (non-hydrogen) atoms. The zero-order valence-corrected chi connectivity index (χ0v) is 12.3. The van der Waals surface area contributed by atoms with E-state index in [0.717, 1.165) is 18.4 Å². The third kappa shape index (κ3) is 1.57. The minimum Gasteiger partial charge on any atom is -0.294 e. The molecule has 2 aliphatic rings. The maximum Gasteiger partial charge on any atom is 0.167 e. The maximum absolute atomic E-state index is 12.7. The molecular formula is C21H16O. The van der Waals surface area contributed by atoms with Crippen LogP contribution in [0, 0.1) is 5.92 Å². The molecule has 0 saturated carbocycles. The third-order valence-corrected chi connectivity index (χ3v) is 5.35. The van der Waals surface area contributed by atoms with Crippen LogP contribution in [-0.2, 0) is 6.42 Å². The summed E-state index contributed by atoms with van der Waals surface area (Å²) in [5, 5.41) is 2.51. The van der Waals surface area contributed by atoms with Crippen LogP contribution in [0.25, 0.3) is 10.8 Å². The largest absolute Gasteiger partial charge is 0.294 e. The van der Waals surface area contributed by atoms with E-state index < -0.39 is 0 Å². The molecule has 0 heterocycles. The highest BCUT2D eigenvalue weighted by Gasteiger charge is 2.39. The summed E-state index contributed by atoms with van der Waals surface area (Å²) in [4.78, 5) is 12.7. The molecule has 3 aromatic carbocycles. The predicted molar refractivity (Wildman–Crippen MR) is 88.4 cm³/mol. The zero-order chi connectivity index (χ0) is 14.7. The number of carbonyl (C=O) groups is 1. The van der Waals surface area contributed by atoms with Crippen LogP contribution in [0.3, 0.4) is 0 Å². The van der Waals surface area contributed by atoms with Crippen molar-refractivity contribution in [3.8, 4) is 0 Å². The molecule has 3 aromatic rings. The molecule has 5 rings (SSSR count). The molecule has 0 aromatic heterocycles. The molecule has 3 bridgehead atoms. The number of fused-ring (bicyclic) bond motifs is 3. The predicted octanol–water partition coefficient (Wildman–Crippen LogP) is 4.73. The fourth-order valence-corrected chi connectivity index (χ4v) is 4.25. The summed E-state index contributed by atoms with van der Waals surface area (Å²) in [6.45, 7) is 0. The van der Waals surface area contributed by atoms with E-state index >= 15 is 0 Å². The molecule has 0 fully saturated rings. The number of hydrogen-bond donors (Lipinski definition) is 0. The number of ketones is 1. The first-order chi connectivity index (χ1) is 10.8. The van der Waals surface area contributed by atoms with E-state index in [9.17, 15) is 4.79 Å². The molecule has 2 unspecified atom stereocenters. The van der Waals surface area contributed by atoms with Crippen LogP contribution in [0.1, 0.15) is 39.4 Å². The van der Waals surface area contributed by atoms with Crippen molar-refractivity contribution in [2.45, 2.75) is 18.8 Å². The molecular weight excluding hydrogens is 268 g/mol. The van der Waals surface area contributed by atoms with Gasteiger partial charge in [0.05, 0.1) is 0 Å². The molecule has 0 radical (unpaired) electrons. The number of rotatable bonds is 1. The van der Waals surface area contributed by atoms with Gasteiger partial charge in [0.2, 0.25) is 0 Å². The average molecular weight is 284 g/mol. The SMILES string of the molecule is O=C1c2cc3ccc2CCC1C3c1ccc2ccccc2c1. The van der Waals surface area contributed by atoms with Crippen LogP contribution < -0.4 is 0 Å². The van der Waals surface area contributed by atoms with Crippen molar-refractivity contribution in [2.75, 3.05) is 0 Å². The van der Waals surface area contributed by atoms with Crippen molar-refractivity contribution in [3.63, 3.8) is 0 Å². The second-order valence-electron chi connectivity index (χ2n) is 6.51. The molecule has 2 atom stereocenters. The van der Waals surface area contributed by atoms with Crippen molar-refractivity contribution in [2.24, 2.45) is 5.92 Å². The lowest BCUT2D eigenvalue weighted by Gasteiger charge is -2.36. The molecule has 0 aliphatic heterocycles. The maximum atomic E-state index is 12.7. The summed E-state index contributed by atoms with van der Waals surface area (Å²) < 4.78 is 0. The quantitative estimate of drug-likeness (QED) is 0.631. The number of benzene rings is 3. The third-order valence-electron chi connectivity index (χ3n) is 5.35. The number of carbonyl (C=O) groups excluding carboxylic acids is 1. The van der Waals surface area contributed by atoms with Gasteiger partial charge < -0.3 is 0 Å². The van der Waals surface area contributed by atoms with E-state index in [1.807, 2.05) is 0 Å². The molecule has 0 saturated heterocycles. The van der Waals surface area contributed by atoms with Crippen molar-refractivity contribution in [1.29, 1.82) is 0 Å². The number of aryl methyl sites for hydroxylation is 1. The minimum absolute atomic E-state index is 0.130. The van der Waals surface area contributed by atoms with Gasteiger partial charge in [0, 0.05) is 17.4 Å². The van der Waals surface area contributed by atoms with Gasteiger partial charge in [0.15, 0.2) is 5.78 Å². The lowest BCUT2D eigenvalue weighted by atomic mass is 9.66. The van der Waals surface area contributed by atoms with E-state index in [2.05, 4.69) is 60.7 Å². The van der Waals surface area contributed by atoms with Crippen molar-refractivity contribution in [1.82, 2.24) is 0 Å². The molecule has 2 aliphatic carbocycles. The molecule has 1 nitrogen and oxygen atoms in total. The Hall–Kier alpha value is -2.41. The Morgan fingerprint density at radius 2 is 1.59 bits per heavy atom. The van der Waals surface area contributed by atoms with Gasteiger partial charge in [-0.25, -0.2) is 0 Å². The van der Waals surface area contributed by atoms with Crippen LogP contribution in [0.5, 0.6) is 0 Å². The van der Waals surface area contributed by atoms with Gasteiger partial charge in [-0.15, -0.1) is 0 Å². The topological polar surface area (TPSA) is 17.1 Å². The first-order valence-electron chi connectivity index (χ1n) is 7.97. The van der Waals surface area contributed by atoms with Crippen molar-refractivity contribution < 1.29 is 4.79 Å². The van der Waals surface area contributed by atoms with Crippen LogP contribution >= 0.6 is 0 Å². The van der Waals surface area contributed by atoms with Gasteiger partial charge in [-0.2, -0.15) is 0 Å². The highest BCUT2D eigenvalue weighted by atomic mass is 16.1. The van der Waals surface area contributed by atoms with E-state index in [-0.39, 0.29) is 11.8 Å². The average Bonchev–Trinajstić information content (AvgIpc) is 2.54. The lowest BCUT2D eigenvalue weighted by molar-refractivity contribution is 0.0881. The molecule has 0 amide bonds. The van der Waals surface area contributed by atoms with Crippen LogP contribution in [-0.4, -0.2) is 5.78 Å². The summed E-state index contributed by atoms with van der Waals surface area (Å²) >= 11 is 0. The summed E-state index contributed by atoms with van der Waals surface area (Å²) in [5.41, 5.74) is 4.79. The van der Waals surface area contributed by atoms with Crippen LogP contribution in [0.2, 0.25) is 0 Å². The Kier molecular flexibility index (Phi) is 2.38. The van der Waals surface area contributed by atoms with Gasteiger partial charge in [-0.1, -0.05) is 54.6 Å². The van der Waals surface area contributed by atoms with Gasteiger partial charge in [-0.3, -0.25) is 4.79 Å². The summed E-state index contributed by atoms with van der Waals surface area (Å²) in [5.74, 6) is 0.705. The highest BCUT2D eigenvalue weighted by Crippen LogP contribution is 2.45. The zero-order valence-electron chi connectivity index (χ0n) is 12.3. The standard InChI is InChI=1S/C21H16O/c22-21-18-10-9-14-6-8-17(12-19(14)21)20(18)16-7-5-13-3-1-2-4-15(13)11-16/h1-8,11-12,18,20H,9-10H2. The fourth-order valence-electron chi connectivity index (χ4n) is 4.25. The van der Waals surface area contributed by atoms with E-state index in [1.54, 1.807) is 0 Å². The Balaban J connectivity index is 1.73.